The molecule has 2 saturated heterocycles. The number of nitro groups is 1. The summed E-state index contributed by atoms with van der Waals surface area (Å²) in [5, 5.41) is 14.7. The highest BCUT2D eigenvalue weighted by molar-refractivity contribution is 5.90. The Bertz CT molecular complexity index is 1120. The molecule has 13 nitrogen and oxygen atoms in total. The molecule has 36 heavy (non-hydrogen) atoms. The first-order chi connectivity index (χ1) is 17.4. The minimum atomic E-state index is -0.683. The third kappa shape index (κ3) is 5.24. The second-order valence-electron chi connectivity index (χ2n) is 8.54. The molecule has 3 N–H and O–H groups in total. The number of anilines is 3. The van der Waals surface area contributed by atoms with Gasteiger partial charge >= 0.3 is 5.69 Å². The predicted octanol–water partition coefficient (Wildman–Crippen LogP) is 0.680. The van der Waals surface area contributed by atoms with Gasteiger partial charge in [-0.05, 0) is 31.9 Å². The molecule has 2 aromatic rings. The molecule has 1 aromatic heterocycles. The van der Waals surface area contributed by atoms with Crippen molar-refractivity contribution in [2.75, 3.05) is 60.6 Å². The number of carbonyl (C=O) groups is 2. The van der Waals surface area contributed by atoms with Gasteiger partial charge in [-0.2, -0.15) is 0 Å². The molecule has 13 heteroatoms. The highest BCUT2D eigenvalue weighted by atomic mass is 16.6. The number of ether oxygens (including phenoxy) is 1. The largest absolute Gasteiger partial charge is 0.492 e. The van der Waals surface area contributed by atoms with Crippen molar-refractivity contribution < 1.29 is 19.2 Å². The number of nitrogens with two attached hydrogens (primary N) is 1. The Labute approximate surface area is 208 Å². The molecule has 2 amide bonds. The highest BCUT2D eigenvalue weighted by Crippen LogP contribution is 2.38. The van der Waals surface area contributed by atoms with Crippen molar-refractivity contribution in [3.63, 3.8) is 0 Å². The second kappa shape index (κ2) is 11.1. The first kappa shape index (κ1) is 24.9. The van der Waals surface area contributed by atoms with Gasteiger partial charge in [-0.15, -0.1) is 0 Å². The number of rotatable bonds is 9. The van der Waals surface area contributed by atoms with E-state index in [0.29, 0.717) is 52.2 Å². The summed E-state index contributed by atoms with van der Waals surface area (Å²) >= 11 is 0. The van der Waals surface area contributed by atoms with Gasteiger partial charge in [0.15, 0.2) is 0 Å². The van der Waals surface area contributed by atoms with Crippen molar-refractivity contribution in [2.45, 2.75) is 25.8 Å². The molecule has 0 bridgehead atoms. The van der Waals surface area contributed by atoms with E-state index >= 15 is 0 Å². The zero-order chi connectivity index (χ0) is 25.7. The Kier molecular flexibility index (Phi) is 7.66. The van der Waals surface area contributed by atoms with E-state index in [1.807, 2.05) is 36.1 Å². The van der Waals surface area contributed by atoms with Crippen LogP contribution in [0.1, 0.15) is 19.8 Å². The maximum atomic E-state index is 12.6. The van der Waals surface area contributed by atoms with Gasteiger partial charge in [-0.1, -0.05) is 12.1 Å². The quantitative estimate of drug-likeness (QED) is 0.372. The molecular formula is C23H30N8O5. The number of para-hydroxylation sites is 2. The van der Waals surface area contributed by atoms with E-state index in [2.05, 4.69) is 20.2 Å². The lowest BCUT2D eigenvalue weighted by Gasteiger charge is -2.37. The number of nitrogens with zero attached hydrogens (tertiary/aromatic N) is 6. The molecule has 2 aliphatic heterocycles. The van der Waals surface area contributed by atoms with Crippen LogP contribution in [-0.2, 0) is 9.59 Å². The summed E-state index contributed by atoms with van der Waals surface area (Å²) in [7, 11) is 0. The van der Waals surface area contributed by atoms with Crippen LogP contribution < -0.4 is 30.5 Å². The van der Waals surface area contributed by atoms with Gasteiger partial charge in [0.05, 0.1) is 23.8 Å². The topological polar surface area (TPSA) is 160 Å². The summed E-state index contributed by atoms with van der Waals surface area (Å²) in [5.41, 5.74) is 5.89. The lowest BCUT2D eigenvalue weighted by Crippen LogP contribution is -2.48. The Balaban J connectivity index is 1.55. The van der Waals surface area contributed by atoms with Crippen LogP contribution in [0, 0.1) is 10.1 Å². The van der Waals surface area contributed by atoms with E-state index < -0.39 is 22.8 Å². The van der Waals surface area contributed by atoms with Crippen LogP contribution >= 0.6 is 0 Å². The number of primary amides is 1. The number of nitrogens with one attached hydrogen (secondary N) is 1. The molecule has 192 valence electrons. The average molecular weight is 499 g/mol. The summed E-state index contributed by atoms with van der Waals surface area (Å²) in [5.74, 6) is 0.0591. The van der Waals surface area contributed by atoms with Gasteiger partial charge in [0.25, 0.3) is 0 Å². The Hall–Kier alpha value is -4.16. The van der Waals surface area contributed by atoms with Crippen molar-refractivity contribution in [1.29, 1.82) is 0 Å². The molecule has 0 aliphatic carbocycles. The van der Waals surface area contributed by atoms with Gasteiger partial charge in [0.2, 0.25) is 23.5 Å². The van der Waals surface area contributed by atoms with Gasteiger partial charge in [-0.3, -0.25) is 19.7 Å². The summed E-state index contributed by atoms with van der Waals surface area (Å²) < 4.78 is 5.76. The van der Waals surface area contributed by atoms with Crippen LogP contribution in [-0.4, -0.2) is 78.6 Å². The number of carbonyl (C=O) groups excluding carboxylic acids is 2. The van der Waals surface area contributed by atoms with Crippen LogP contribution in [0.25, 0.3) is 0 Å². The number of amides is 2. The molecular weight excluding hydrogens is 468 g/mol. The molecule has 2 fully saturated rings. The molecule has 0 spiro atoms. The number of hydrogen-bond acceptors (Lipinski definition) is 10. The van der Waals surface area contributed by atoms with Crippen molar-refractivity contribution in [1.82, 2.24) is 15.3 Å². The van der Waals surface area contributed by atoms with Crippen LogP contribution in [0.4, 0.5) is 23.0 Å². The van der Waals surface area contributed by atoms with Crippen LogP contribution in [0.2, 0.25) is 0 Å². The summed E-state index contributed by atoms with van der Waals surface area (Å²) in [4.78, 5) is 49.6. The molecule has 0 radical (unpaired) electrons. The van der Waals surface area contributed by atoms with Gasteiger partial charge in [0, 0.05) is 32.7 Å². The normalized spacial score (nSPS) is 17.7. The first-order valence-electron chi connectivity index (χ1n) is 11.9. The van der Waals surface area contributed by atoms with E-state index in [0.717, 1.165) is 11.4 Å². The fraction of sp³-hybridized carbons (Fsp3) is 0.478. The fourth-order valence-corrected chi connectivity index (χ4v) is 4.71. The molecule has 0 saturated carbocycles. The lowest BCUT2D eigenvalue weighted by molar-refractivity contribution is -0.383. The van der Waals surface area contributed by atoms with E-state index in [-0.39, 0.29) is 23.9 Å². The van der Waals surface area contributed by atoms with E-state index in [1.54, 1.807) is 4.90 Å². The van der Waals surface area contributed by atoms with Crippen molar-refractivity contribution in [3.05, 3.63) is 40.7 Å². The standard InChI is InChI=1S/C23H30N8O5/c1-2-36-18-8-4-3-6-16(18)28-10-12-29(13-11-28)21-20(31(34)35)22(27-15-26-21)30-9-5-7-17(30)23(33)25-14-19(24)32/h3-4,6,8,15,17H,2,5,7,9-14H2,1H3,(H2,24,32)(H,25,33). The van der Waals surface area contributed by atoms with Crippen molar-refractivity contribution in [2.24, 2.45) is 5.73 Å². The van der Waals surface area contributed by atoms with Crippen molar-refractivity contribution in [3.8, 4) is 5.75 Å². The lowest BCUT2D eigenvalue weighted by atomic mass is 10.2. The van der Waals surface area contributed by atoms with Crippen LogP contribution in [0.5, 0.6) is 5.75 Å². The zero-order valence-corrected chi connectivity index (χ0v) is 20.1. The minimum Gasteiger partial charge on any atom is -0.492 e. The van der Waals surface area contributed by atoms with Gasteiger partial charge in [-0.25, -0.2) is 9.97 Å². The molecule has 4 rings (SSSR count). The van der Waals surface area contributed by atoms with E-state index in [1.165, 1.54) is 6.33 Å². The second-order valence-corrected chi connectivity index (χ2v) is 8.54. The third-order valence-corrected chi connectivity index (χ3v) is 6.32. The molecule has 1 atom stereocenters. The van der Waals surface area contributed by atoms with Gasteiger partial charge in [0.1, 0.15) is 18.1 Å². The Morgan fingerprint density at radius 2 is 1.83 bits per heavy atom. The van der Waals surface area contributed by atoms with E-state index in [9.17, 15) is 19.7 Å². The summed E-state index contributed by atoms with van der Waals surface area (Å²) in [6.45, 7) is 4.91. The fourth-order valence-electron chi connectivity index (χ4n) is 4.71. The highest BCUT2D eigenvalue weighted by Gasteiger charge is 2.38. The number of benzene rings is 1. The summed E-state index contributed by atoms with van der Waals surface area (Å²) in [6.07, 6.45) is 2.44. The van der Waals surface area contributed by atoms with Gasteiger partial charge < -0.3 is 30.5 Å². The Morgan fingerprint density at radius 3 is 2.53 bits per heavy atom. The van der Waals surface area contributed by atoms with Crippen molar-refractivity contribution >= 4 is 34.8 Å². The first-order valence-corrected chi connectivity index (χ1v) is 11.9. The Morgan fingerprint density at radius 1 is 1.14 bits per heavy atom. The predicted molar refractivity (Wildman–Crippen MR) is 133 cm³/mol. The third-order valence-electron chi connectivity index (χ3n) is 6.32. The molecule has 3 heterocycles. The maximum absolute atomic E-state index is 12.6. The monoisotopic (exact) mass is 498 g/mol. The smallest absolute Gasteiger partial charge is 0.353 e. The van der Waals surface area contributed by atoms with Crippen LogP contribution in [0.15, 0.2) is 30.6 Å². The molecule has 1 aromatic carbocycles. The van der Waals surface area contributed by atoms with E-state index in [4.69, 9.17) is 10.5 Å². The number of aromatic nitrogens is 2. The molecule has 2 aliphatic rings. The SMILES string of the molecule is CCOc1ccccc1N1CCN(c2ncnc(N3CCCC3C(=O)NCC(N)=O)c2[N+](=O)[O-])CC1. The average Bonchev–Trinajstić information content (AvgIpc) is 3.37. The number of piperazine rings is 1. The molecule has 1 unspecified atom stereocenters. The maximum Gasteiger partial charge on any atom is 0.353 e. The minimum absolute atomic E-state index is 0.103. The van der Waals surface area contributed by atoms with Crippen LogP contribution in [0.3, 0.4) is 0 Å². The summed E-state index contributed by atoms with van der Waals surface area (Å²) in [6, 6.07) is 7.13. The zero-order valence-electron chi connectivity index (χ0n) is 20.1. The number of hydrogen-bond donors (Lipinski definition) is 2.